The van der Waals surface area contributed by atoms with Crippen molar-refractivity contribution in [3.63, 3.8) is 0 Å². The molecule has 8 nitrogen and oxygen atoms in total. The zero-order valence-electron chi connectivity index (χ0n) is 14.1. The number of halogens is 1. The maximum Gasteiger partial charge on any atom is 0.264 e. The Kier molecular flexibility index (Phi) is 5.44. The second-order valence-corrected chi connectivity index (χ2v) is 8.44. The summed E-state index contributed by atoms with van der Waals surface area (Å²) < 4.78 is 36.9. The fraction of sp³-hybridized carbons (Fsp3) is 0.312. The van der Waals surface area contributed by atoms with Gasteiger partial charge in [-0.3, -0.25) is 14.7 Å². The lowest BCUT2D eigenvalue weighted by Crippen LogP contribution is -2.49. The molecular weight excluding hydrogens is 363 g/mol. The third-order valence-electron chi connectivity index (χ3n) is 4.27. The van der Waals surface area contributed by atoms with Crippen LogP contribution in [0.25, 0.3) is 11.1 Å². The smallest absolute Gasteiger partial charge is 0.264 e. The largest absolute Gasteiger partial charge is 0.289 e. The van der Waals surface area contributed by atoms with Crippen molar-refractivity contribution in [3.05, 3.63) is 42.0 Å². The molecule has 0 aliphatic rings. The monoisotopic (exact) mass is 380 g/mol. The van der Waals surface area contributed by atoms with Crippen LogP contribution in [-0.4, -0.2) is 40.3 Å². The number of benzene rings is 1. The molecule has 2 aromatic rings. The van der Waals surface area contributed by atoms with E-state index in [0.29, 0.717) is 11.1 Å². The van der Waals surface area contributed by atoms with Crippen molar-refractivity contribution >= 4 is 15.7 Å². The van der Waals surface area contributed by atoms with Crippen molar-refractivity contribution in [1.29, 1.82) is 5.26 Å². The second-order valence-electron chi connectivity index (χ2n) is 5.99. The number of hydroxylamine groups is 1. The molecule has 0 bridgehead atoms. The van der Waals surface area contributed by atoms with E-state index in [0.717, 1.165) is 6.26 Å². The Morgan fingerprint density at radius 2 is 2.15 bits per heavy atom. The van der Waals surface area contributed by atoms with E-state index in [-0.39, 0.29) is 18.5 Å². The average molecular weight is 380 g/mol. The fourth-order valence-corrected chi connectivity index (χ4v) is 3.18. The van der Waals surface area contributed by atoms with Gasteiger partial charge in [-0.05, 0) is 31.0 Å². The molecule has 0 saturated carbocycles. The fourth-order valence-electron chi connectivity index (χ4n) is 2.34. The molecule has 0 aliphatic carbocycles. The van der Waals surface area contributed by atoms with Gasteiger partial charge >= 0.3 is 0 Å². The molecule has 0 spiro atoms. The van der Waals surface area contributed by atoms with Crippen LogP contribution < -0.4 is 5.48 Å². The first-order valence-corrected chi connectivity index (χ1v) is 9.38. The number of amides is 1. The van der Waals surface area contributed by atoms with Crippen LogP contribution in [0.5, 0.6) is 0 Å². The Balaban J connectivity index is 2.23. The van der Waals surface area contributed by atoms with Gasteiger partial charge in [0.15, 0.2) is 14.6 Å². The normalized spacial score (nSPS) is 13.7. The first-order chi connectivity index (χ1) is 12.1. The lowest BCUT2D eigenvalue weighted by atomic mass is 10.1. The SMILES string of the molecule is CC(CCn1cc(-c2ccc(F)c(C#N)c2)cn1)(C(=O)NO)S(C)(=O)=O. The number of hydrogen-bond donors (Lipinski definition) is 2. The summed E-state index contributed by atoms with van der Waals surface area (Å²) >= 11 is 0. The summed E-state index contributed by atoms with van der Waals surface area (Å²) in [6, 6.07) is 5.82. The van der Waals surface area contributed by atoms with Gasteiger partial charge in [0, 0.05) is 24.6 Å². The predicted molar refractivity (Wildman–Crippen MR) is 90.1 cm³/mol. The Bertz CT molecular complexity index is 980. The van der Waals surface area contributed by atoms with Crippen molar-refractivity contribution in [2.75, 3.05) is 6.26 Å². The molecule has 0 radical (unpaired) electrons. The van der Waals surface area contributed by atoms with Crippen molar-refractivity contribution in [1.82, 2.24) is 15.3 Å². The number of hydrogen-bond acceptors (Lipinski definition) is 6. The molecular formula is C16H17FN4O4S. The molecule has 2 rings (SSSR count). The van der Waals surface area contributed by atoms with Gasteiger partial charge < -0.3 is 0 Å². The highest BCUT2D eigenvalue weighted by atomic mass is 32.2. The van der Waals surface area contributed by atoms with Crippen molar-refractivity contribution in [2.45, 2.75) is 24.6 Å². The minimum absolute atomic E-state index is 0.0866. The van der Waals surface area contributed by atoms with Crippen LogP contribution in [-0.2, 0) is 21.2 Å². The van der Waals surface area contributed by atoms with Gasteiger partial charge in [0.25, 0.3) is 5.91 Å². The van der Waals surface area contributed by atoms with Crippen LogP contribution in [0.3, 0.4) is 0 Å². The lowest BCUT2D eigenvalue weighted by Gasteiger charge is -2.24. The predicted octanol–water partition coefficient (Wildman–Crippen LogP) is 1.26. The molecule has 1 aromatic heterocycles. The van der Waals surface area contributed by atoms with Gasteiger partial charge in [-0.25, -0.2) is 18.3 Å². The number of carbonyl (C=O) groups is 1. The summed E-state index contributed by atoms with van der Waals surface area (Å²) in [7, 11) is -3.80. The molecule has 138 valence electrons. The molecule has 0 saturated heterocycles. The van der Waals surface area contributed by atoms with Crippen molar-refractivity contribution < 1.29 is 22.8 Å². The van der Waals surface area contributed by atoms with Crippen LogP contribution in [0.15, 0.2) is 30.6 Å². The first kappa shape index (κ1) is 19.6. The summed E-state index contributed by atoms with van der Waals surface area (Å²) in [4.78, 5) is 11.8. The van der Waals surface area contributed by atoms with Crippen LogP contribution in [0.2, 0.25) is 0 Å². The standard InChI is InChI=1S/C16H17FN4O4S/c1-16(15(22)20-23,26(2,24)25)5-6-21-10-13(9-19-21)11-3-4-14(17)12(7-11)8-18/h3-4,7,9-10,23H,5-6H2,1-2H3,(H,20,22). The van der Waals surface area contributed by atoms with E-state index < -0.39 is 26.3 Å². The molecule has 2 N–H and O–H groups in total. The van der Waals surface area contributed by atoms with E-state index >= 15 is 0 Å². The highest BCUT2D eigenvalue weighted by Crippen LogP contribution is 2.24. The molecule has 10 heteroatoms. The number of nitriles is 1. The van der Waals surface area contributed by atoms with Crippen LogP contribution >= 0.6 is 0 Å². The zero-order chi connectivity index (χ0) is 19.5. The third kappa shape index (κ3) is 3.74. The summed E-state index contributed by atoms with van der Waals surface area (Å²) in [5, 5.41) is 21.8. The Hall–Kier alpha value is -2.77. The molecule has 1 aromatic carbocycles. The van der Waals surface area contributed by atoms with E-state index in [9.17, 15) is 17.6 Å². The number of aromatic nitrogens is 2. The maximum atomic E-state index is 13.4. The maximum absolute atomic E-state index is 13.4. The zero-order valence-corrected chi connectivity index (χ0v) is 14.9. The van der Waals surface area contributed by atoms with Crippen LogP contribution in [0, 0.1) is 17.1 Å². The van der Waals surface area contributed by atoms with E-state index in [1.807, 2.05) is 0 Å². The van der Waals surface area contributed by atoms with Gasteiger partial charge in [0.05, 0.1) is 11.8 Å². The molecule has 0 fully saturated rings. The highest BCUT2D eigenvalue weighted by Gasteiger charge is 2.43. The molecule has 1 heterocycles. The van der Waals surface area contributed by atoms with Crippen LogP contribution in [0.1, 0.15) is 18.9 Å². The van der Waals surface area contributed by atoms with E-state index in [4.69, 9.17) is 10.5 Å². The molecule has 1 unspecified atom stereocenters. The van der Waals surface area contributed by atoms with E-state index in [1.54, 1.807) is 12.3 Å². The minimum atomic E-state index is -3.80. The summed E-state index contributed by atoms with van der Waals surface area (Å²) in [5.41, 5.74) is 2.47. The second kappa shape index (κ2) is 7.23. The average Bonchev–Trinajstić information content (AvgIpc) is 3.07. The number of rotatable bonds is 6. The van der Waals surface area contributed by atoms with Gasteiger partial charge in [-0.2, -0.15) is 10.4 Å². The molecule has 1 amide bonds. The Morgan fingerprint density at radius 1 is 1.46 bits per heavy atom. The number of aryl methyl sites for hydroxylation is 1. The van der Waals surface area contributed by atoms with Gasteiger partial charge in [-0.15, -0.1) is 0 Å². The van der Waals surface area contributed by atoms with Gasteiger partial charge in [-0.1, -0.05) is 6.07 Å². The van der Waals surface area contributed by atoms with Gasteiger partial charge in [0.1, 0.15) is 11.9 Å². The Labute approximate surface area is 149 Å². The number of nitrogens with one attached hydrogen (secondary N) is 1. The molecule has 1 atom stereocenters. The quantitative estimate of drug-likeness (QED) is 0.574. The summed E-state index contributed by atoms with van der Waals surface area (Å²) in [5.74, 6) is -1.65. The van der Waals surface area contributed by atoms with Crippen molar-refractivity contribution in [3.8, 4) is 17.2 Å². The van der Waals surface area contributed by atoms with Gasteiger partial charge in [0.2, 0.25) is 0 Å². The lowest BCUT2D eigenvalue weighted by molar-refractivity contribution is -0.131. The highest BCUT2D eigenvalue weighted by molar-refractivity contribution is 7.92. The number of nitrogens with zero attached hydrogens (tertiary/aromatic N) is 3. The summed E-state index contributed by atoms with van der Waals surface area (Å²) in [6.45, 7) is 1.31. The molecule has 26 heavy (non-hydrogen) atoms. The number of sulfone groups is 1. The van der Waals surface area contributed by atoms with E-state index in [2.05, 4.69) is 5.10 Å². The van der Waals surface area contributed by atoms with Crippen molar-refractivity contribution in [2.24, 2.45) is 0 Å². The number of carbonyl (C=O) groups excluding carboxylic acids is 1. The summed E-state index contributed by atoms with van der Waals surface area (Å²) in [6.07, 6.45) is 3.87. The van der Waals surface area contributed by atoms with E-state index in [1.165, 1.54) is 41.5 Å². The third-order valence-corrected chi connectivity index (χ3v) is 6.30. The minimum Gasteiger partial charge on any atom is -0.289 e. The Morgan fingerprint density at radius 3 is 2.73 bits per heavy atom. The molecule has 0 aliphatic heterocycles. The topological polar surface area (TPSA) is 125 Å². The van der Waals surface area contributed by atoms with Crippen LogP contribution in [0.4, 0.5) is 4.39 Å². The first-order valence-electron chi connectivity index (χ1n) is 7.49.